The molecule has 0 N–H and O–H groups in total. The van der Waals surface area contributed by atoms with Gasteiger partial charge in [0.25, 0.3) is 0 Å². The van der Waals surface area contributed by atoms with E-state index >= 15 is 0 Å². The summed E-state index contributed by atoms with van der Waals surface area (Å²) in [4.78, 5) is 0. The predicted molar refractivity (Wildman–Crippen MR) is 56.2 cm³/mol. The van der Waals surface area contributed by atoms with Crippen molar-refractivity contribution in [2.75, 3.05) is 6.61 Å². The Kier molecular flexibility index (Phi) is 4.46. The van der Waals surface area contributed by atoms with Gasteiger partial charge in [-0.1, -0.05) is 30.3 Å². The molecule has 2 aromatic carbocycles. The molecule has 0 spiro atoms. The van der Waals surface area contributed by atoms with Crippen LogP contribution in [0.15, 0.2) is 42.5 Å². The van der Waals surface area contributed by atoms with Crippen LogP contribution in [0.1, 0.15) is 8.35 Å². The molecular formula is C12H13NaO. The van der Waals surface area contributed by atoms with Gasteiger partial charge in [0, 0.05) is 0 Å². The van der Waals surface area contributed by atoms with Crippen molar-refractivity contribution in [3.8, 4) is 5.75 Å². The largest absolute Gasteiger partial charge is 1.00 e. The Morgan fingerprint density at radius 1 is 1.07 bits per heavy atom. The van der Waals surface area contributed by atoms with E-state index in [1.807, 2.05) is 25.1 Å². The van der Waals surface area contributed by atoms with Crippen LogP contribution >= 0.6 is 0 Å². The molecule has 0 radical (unpaired) electrons. The van der Waals surface area contributed by atoms with Gasteiger partial charge in [-0.25, -0.2) is 0 Å². The fourth-order valence-corrected chi connectivity index (χ4v) is 1.42. The van der Waals surface area contributed by atoms with Gasteiger partial charge >= 0.3 is 29.6 Å². The summed E-state index contributed by atoms with van der Waals surface area (Å²) in [5, 5.41) is 2.49. The van der Waals surface area contributed by atoms with E-state index in [4.69, 9.17) is 4.74 Å². The zero-order valence-corrected chi connectivity index (χ0v) is 10.7. The van der Waals surface area contributed by atoms with E-state index in [1.165, 1.54) is 10.8 Å². The van der Waals surface area contributed by atoms with E-state index in [-0.39, 0.29) is 31.0 Å². The van der Waals surface area contributed by atoms with Crippen LogP contribution in [-0.2, 0) is 0 Å². The molecule has 14 heavy (non-hydrogen) atoms. The van der Waals surface area contributed by atoms with Crippen molar-refractivity contribution in [1.29, 1.82) is 0 Å². The Morgan fingerprint density at radius 3 is 2.50 bits per heavy atom. The van der Waals surface area contributed by atoms with E-state index in [0.29, 0.717) is 0 Å². The summed E-state index contributed by atoms with van der Waals surface area (Å²) in [6, 6.07) is 14.4. The minimum Gasteiger partial charge on any atom is -1.00 e. The Labute approximate surface area is 108 Å². The second kappa shape index (κ2) is 5.40. The summed E-state index contributed by atoms with van der Waals surface area (Å²) in [6.45, 7) is 2.72. The van der Waals surface area contributed by atoms with Crippen LogP contribution in [0.4, 0.5) is 0 Å². The standard InChI is InChI=1S/C12H12O.Na.H/c1-2-13-12-8-7-10-5-3-4-6-11(10)9-12;;/h3-9H,2H2,1H3;;/q;+1;-1. The van der Waals surface area contributed by atoms with Crippen LogP contribution in [-0.4, -0.2) is 6.61 Å². The van der Waals surface area contributed by atoms with Crippen LogP contribution in [0, 0.1) is 0 Å². The monoisotopic (exact) mass is 196 g/mol. The topological polar surface area (TPSA) is 9.23 Å². The molecule has 2 aromatic rings. The summed E-state index contributed by atoms with van der Waals surface area (Å²) < 4.78 is 5.41. The molecule has 1 nitrogen and oxygen atoms in total. The molecule has 2 heteroatoms. The van der Waals surface area contributed by atoms with Gasteiger partial charge in [0.05, 0.1) is 6.61 Å². The minimum absolute atomic E-state index is 0. The number of fused-ring (bicyclic) bond motifs is 1. The van der Waals surface area contributed by atoms with Crippen molar-refractivity contribution in [1.82, 2.24) is 0 Å². The van der Waals surface area contributed by atoms with Crippen LogP contribution in [0.5, 0.6) is 5.75 Å². The molecule has 0 unspecified atom stereocenters. The fourth-order valence-electron chi connectivity index (χ4n) is 1.42. The van der Waals surface area contributed by atoms with Crippen molar-refractivity contribution in [2.24, 2.45) is 0 Å². The van der Waals surface area contributed by atoms with E-state index < -0.39 is 0 Å². The maximum absolute atomic E-state index is 5.41. The third-order valence-corrected chi connectivity index (χ3v) is 2.03. The van der Waals surface area contributed by atoms with Crippen LogP contribution in [0.2, 0.25) is 0 Å². The van der Waals surface area contributed by atoms with Gasteiger partial charge in [-0.05, 0) is 29.8 Å². The van der Waals surface area contributed by atoms with Crippen molar-refractivity contribution in [2.45, 2.75) is 6.92 Å². The Morgan fingerprint density at radius 2 is 1.79 bits per heavy atom. The minimum atomic E-state index is 0. The van der Waals surface area contributed by atoms with E-state index in [9.17, 15) is 0 Å². The molecule has 0 aliphatic heterocycles. The average Bonchev–Trinajstić information content (AvgIpc) is 2.18. The SMILES string of the molecule is CCOc1ccc2ccccc2c1.[H-].[Na+]. The third kappa shape index (κ3) is 2.50. The summed E-state index contributed by atoms with van der Waals surface area (Å²) in [6.07, 6.45) is 0. The quantitative estimate of drug-likeness (QED) is 0.630. The van der Waals surface area contributed by atoms with Crippen molar-refractivity contribution >= 4 is 10.8 Å². The molecule has 0 aliphatic carbocycles. The molecule has 0 aliphatic rings. The first-order chi connectivity index (χ1) is 6.40. The maximum atomic E-state index is 5.41. The maximum Gasteiger partial charge on any atom is 1.00 e. The first kappa shape index (κ1) is 11.6. The van der Waals surface area contributed by atoms with Gasteiger partial charge in [0.2, 0.25) is 0 Å². The fraction of sp³-hybridized carbons (Fsp3) is 0.167. The summed E-state index contributed by atoms with van der Waals surface area (Å²) in [7, 11) is 0. The van der Waals surface area contributed by atoms with Gasteiger partial charge in [-0.2, -0.15) is 0 Å². The van der Waals surface area contributed by atoms with Gasteiger partial charge in [0.15, 0.2) is 0 Å². The third-order valence-electron chi connectivity index (χ3n) is 2.03. The van der Waals surface area contributed by atoms with Crippen LogP contribution in [0.25, 0.3) is 10.8 Å². The van der Waals surface area contributed by atoms with Gasteiger partial charge in [0.1, 0.15) is 5.75 Å². The molecule has 0 amide bonds. The summed E-state index contributed by atoms with van der Waals surface area (Å²) >= 11 is 0. The number of benzene rings is 2. The van der Waals surface area contributed by atoms with Gasteiger partial charge in [-0.3, -0.25) is 0 Å². The summed E-state index contributed by atoms with van der Waals surface area (Å²) in [5.41, 5.74) is 0. The van der Waals surface area contributed by atoms with E-state index in [1.54, 1.807) is 0 Å². The summed E-state index contributed by atoms with van der Waals surface area (Å²) in [5.74, 6) is 0.946. The predicted octanol–water partition coefficient (Wildman–Crippen LogP) is 0.355. The van der Waals surface area contributed by atoms with Gasteiger partial charge in [-0.15, -0.1) is 0 Å². The number of ether oxygens (including phenoxy) is 1. The van der Waals surface area contributed by atoms with Crippen molar-refractivity contribution < 1.29 is 35.7 Å². The zero-order chi connectivity index (χ0) is 9.10. The molecule has 0 fully saturated rings. The number of hydrogen-bond donors (Lipinski definition) is 0. The molecule has 2 rings (SSSR count). The van der Waals surface area contributed by atoms with E-state index in [2.05, 4.69) is 24.3 Å². The molecule has 0 heterocycles. The van der Waals surface area contributed by atoms with Crippen LogP contribution < -0.4 is 34.3 Å². The smallest absolute Gasteiger partial charge is 1.00 e. The molecular weight excluding hydrogens is 183 g/mol. The molecule has 0 bridgehead atoms. The van der Waals surface area contributed by atoms with Crippen LogP contribution in [0.3, 0.4) is 0 Å². The van der Waals surface area contributed by atoms with E-state index in [0.717, 1.165) is 12.4 Å². The average molecular weight is 196 g/mol. The molecule has 0 saturated carbocycles. The molecule has 0 atom stereocenters. The normalized spacial score (nSPS) is 9.50. The molecule has 0 aromatic heterocycles. The molecule has 68 valence electrons. The number of rotatable bonds is 2. The van der Waals surface area contributed by atoms with Crippen molar-refractivity contribution in [3.63, 3.8) is 0 Å². The second-order valence-electron chi connectivity index (χ2n) is 2.94. The first-order valence-electron chi connectivity index (χ1n) is 4.52. The second-order valence-corrected chi connectivity index (χ2v) is 2.94. The Bertz CT molecular complexity index is 417. The number of hydrogen-bond acceptors (Lipinski definition) is 1. The zero-order valence-electron chi connectivity index (χ0n) is 9.66. The Balaban J connectivity index is 0.000000980. The van der Waals surface area contributed by atoms with Gasteiger partial charge < -0.3 is 6.16 Å². The van der Waals surface area contributed by atoms with Crippen molar-refractivity contribution in [3.05, 3.63) is 42.5 Å². The first-order valence-corrected chi connectivity index (χ1v) is 4.52. The Hall–Kier alpha value is -0.500. The molecule has 0 saturated heterocycles.